The zero-order valence-electron chi connectivity index (χ0n) is 14.1. The number of carbonyl (C=O) groups is 2. The molecule has 6 heteroatoms. The summed E-state index contributed by atoms with van der Waals surface area (Å²) in [4.78, 5) is 24.3. The summed E-state index contributed by atoms with van der Waals surface area (Å²) in [5.74, 6) is 0.705. The number of urea groups is 1. The summed E-state index contributed by atoms with van der Waals surface area (Å²) in [7, 11) is 0. The minimum atomic E-state index is -1.15. The number of amides is 2. The fourth-order valence-electron chi connectivity index (χ4n) is 3.90. The molecule has 132 valence electrons. The Hall–Kier alpha value is -3.80. The maximum Gasteiger partial charge on any atom is 0.342 e. The molecule has 0 atom stereocenters. The van der Waals surface area contributed by atoms with Crippen molar-refractivity contribution in [1.29, 1.82) is 0 Å². The van der Waals surface area contributed by atoms with E-state index in [1.165, 1.54) is 0 Å². The van der Waals surface area contributed by atoms with Gasteiger partial charge >= 0.3 is 12.0 Å². The van der Waals surface area contributed by atoms with Crippen molar-refractivity contribution in [2.45, 2.75) is 5.60 Å². The molecule has 0 aromatic heterocycles. The lowest BCUT2D eigenvalue weighted by Crippen LogP contribution is -2.32. The van der Waals surface area contributed by atoms with Crippen LogP contribution < -0.4 is 15.8 Å². The average molecular weight is 358 g/mol. The van der Waals surface area contributed by atoms with Crippen molar-refractivity contribution in [1.82, 2.24) is 0 Å². The van der Waals surface area contributed by atoms with Crippen molar-refractivity contribution in [3.05, 3.63) is 89.0 Å². The molecule has 0 radical (unpaired) electrons. The number of nitrogens with one attached hydrogen (secondary N) is 1. The van der Waals surface area contributed by atoms with E-state index in [-0.39, 0.29) is 0 Å². The fourth-order valence-corrected chi connectivity index (χ4v) is 3.90. The molecule has 0 unspecified atom stereocenters. The van der Waals surface area contributed by atoms with Gasteiger partial charge in [0.1, 0.15) is 11.5 Å². The van der Waals surface area contributed by atoms with Crippen molar-refractivity contribution in [2.75, 3.05) is 5.32 Å². The topological polar surface area (TPSA) is 90.7 Å². The Morgan fingerprint density at radius 2 is 1.44 bits per heavy atom. The average Bonchev–Trinajstić information content (AvgIpc) is 2.96. The molecule has 0 bridgehead atoms. The Labute approximate surface area is 154 Å². The van der Waals surface area contributed by atoms with Gasteiger partial charge in [-0.1, -0.05) is 48.5 Å². The van der Waals surface area contributed by atoms with Crippen LogP contribution in [0.3, 0.4) is 0 Å². The van der Waals surface area contributed by atoms with E-state index >= 15 is 0 Å². The molecule has 0 saturated carbocycles. The Kier molecular flexibility index (Phi) is 3.06. The first-order valence-electron chi connectivity index (χ1n) is 8.41. The van der Waals surface area contributed by atoms with Crippen LogP contribution in [0.1, 0.15) is 27.0 Å². The van der Waals surface area contributed by atoms with Gasteiger partial charge in [0, 0.05) is 16.7 Å². The van der Waals surface area contributed by atoms with Gasteiger partial charge < -0.3 is 20.5 Å². The largest absolute Gasteiger partial charge is 0.456 e. The van der Waals surface area contributed by atoms with Crippen LogP contribution in [0.2, 0.25) is 0 Å². The second kappa shape index (κ2) is 5.35. The highest BCUT2D eigenvalue weighted by Gasteiger charge is 2.54. The van der Waals surface area contributed by atoms with Crippen LogP contribution in [0.4, 0.5) is 10.5 Å². The van der Waals surface area contributed by atoms with E-state index < -0.39 is 17.6 Å². The van der Waals surface area contributed by atoms with E-state index in [1.807, 2.05) is 54.6 Å². The van der Waals surface area contributed by atoms with Crippen LogP contribution in [-0.2, 0) is 10.3 Å². The van der Waals surface area contributed by atoms with Gasteiger partial charge in [-0.3, -0.25) is 0 Å². The summed E-state index contributed by atoms with van der Waals surface area (Å²) in [5, 5.41) is 2.51. The first-order valence-corrected chi connectivity index (χ1v) is 8.41. The maximum atomic E-state index is 12.9. The Balaban J connectivity index is 1.86. The third-order valence-electron chi connectivity index (χ3n) is 4.90. The van der Waals surface area contributed by atoms with Gasteiger partial charge in [-0.2, -0.15) is 0 Å². The number of benzene rings is 3. The number of ether oxygens (including phenoxy) is 2. The molecule has 6 nitrogen and oxygen atoms in total. The van der Waals surface area contributed by atoms with Crippen LogP contribution in [0.15, 0.2) is 66.7 Å². The molecule has 2 amide bonds. The highest BCUT2D eigenvalue weighted by molar-refractivity contribution is 6.05. The molecule has 5 rings (SSSR count). The van der Waals surface area contributed by atoms with Crippen molar-refractivity contribution >= 4 is 17.7 Å². The quantitative estimate of drug-likeness (QED) is 0.648. The minimum absolute atomic E-state index is 0.294. The molecule has 2 aliphatic heterocycles. The zero-order valence-corrected chi connectivity index (χ0v) is 14.1. The number of esters is 1. The summed E-state index contributed by atoms with van der Waals surface area (Å²) in [6.45, 7) is 0. The maximum absolute atomic E-state index is 12.9. The highest BCUT2D eigenvalue weighted by Crippen LogP contribution is 2.56. The SMILES string of the molecule is NC(=O)Nc1cccc2c1C(=O)OC21c2ccccc2Oc2ccccc21. The van der Waals surface area contributed by atoms with Crippen molar-refractivity contribution < 1.29 is 19.1 Å². The summed E-state index contributed by atoms with van der Waals surface area (Å²) in [6.07, 6.45) is 0. The lowest BCUT2D eigenvalue weighted by Gasteiger charge is -2.36. The van der Waals surface area contributed by atoms with E-state index in [9.17, 15) is 9.59 Å². The van der Waals surface area contributed by atoms with Crippen molar-refractivity contribution in [2.24, 2.45) is 5.73 Å². The van der Waals surface area contributed by atoms with E-state index in [0.29, 0.717) is 28.3 Å². The number of carbonyl (C=O) groups excluding carboxylic acids is 2. The lowest BCUT2D eigenvalue weighted by molar-refractivity contribution is 0.0225. The molecule has 3 aromatic carbocycles. The van der Waals surface area contributed by atoms with E-state index in [0.717, 1.165) is 11.1 Å². The number of hydrogen-bond donors (Lipinski definition) is 2. The number of fused-ring (bicyclic) bond motifs is 6. The summed E-state index contributed by atoms with van der Waals surface area (Å²) < 4.78 is 12.1. The molecule has 3 aromatic rings. The van der Waals surface area contributed by atoms with E-state index in [2.05, 4.69) is 5.32 Å². The van der Waals surface area contributed by atoms with Crippen LogP contribution in [0, 0.1) is 0 Å². The van der Waals surface area contributed by atoms with Gasteiger partial charge in [0.2, 0.25) is 0 Å². The standard InChI is InChI=1S/C21H14N2O4/c22-20(25)23-15-9-5-8-14-18(15)19(24)27-21(14)12-6-1-3-10-16(12)26-17-11-4-2-7-13(17)21/h1-11H,(H3,22,23,25). The Bertz CT molecular complexity index is 1080. The molecule has 3 N–H and O–H groups in total. The first-order chi connectivity index (χ1) is 13.1. The second-order valence-electron chi connectivity index (χ2n) is 6.38. The smallest absolute Gasteiger partial charge is 0.342 e. The number of rotatable bonds is 1. The van der Waals surface area contributed by atoms with Gasteiger partial charge in [0.15, 0.2) is 5.60 Å². The van der Waals surface area contributed by atoms with E-state index in [1.54, 1.807) is 12.1 Å². The monoisotopic (exact) mass is 358 g/mol. The molecule has 27 heavy (non-hydrogen) atoms. The summed E-state index contributed by atoms with van der Waals surface area (Å²) >= 11 is 0. The molecule has 0 aliphatic carbocycles. The number of hydrogen-bond acceptors (Lipinski definition) is 4. The number of primary amides is 1. The van der Waals surface area contributed by atoms with Crippen LogP contribution in [-0.4, -0.2) is 12.0 Å². The van der Waals surface area contributed by atoms with Crippen LogP contribution in [0.5, 0.6) is 11.5 Å². The number of anilines is 1. The van der Waals surface area contributed by atoms with Gasteiger partial charge in [0.25, 0.3) is 0 Å². The van der Waals surface area contributed by atoms with Gasteiger partial charge in [-0.25, -0.2) is 9.59 Å². The fraction of sp³-hybridized carbons (Fsp3) is 0.0476. The van der Waals surface area contributed by atoms with Crippen LogP contribution >= 0.6 is 0 Å². The molecule has 0 fully saturated rings. The molecular weight excluding hydrogens is 344 g/mol. The third kappa shape index (κ3) is 2.01. The number of para-hydroxylation sites is 2. The lowest BCUT2D eigenvalue weighted by atomic mass is 9.77. The predicted molar refractivity (Wildman–Crippen MR) is 97.9 cm³/mol. The van der Waals surface area contributed by atoms with Gasteiger partial charge in [-0.15, -0.1) is 0 Å². The number of nitrogens with two attached hydrogens (primary N) is 1. The van der Waals surface area contributed by atoms with Crippen molar-refractivity contribution in [3.63, 3.8) is 0 Å². The molecule has 2 heterocycles. The Morgan fingerprint density at radius 1 is 0.852 bits per heavy atom. The molecule has 1 spiro atoms. The van der Waals surface area contributed by atoms with E-state index in [4.69, 9.17) is 15.2 Å². The molecule has 2 aliphatic rings. The van der Waals surface area contributed by atoms with Crippen molar-refractivity contribution in [3.8, 4) is 11.5 Å². The van der Waals surface area contributed by atoms with Gasteiger partial charge in [-0.05, 0) is 18.2 Å². The summed E-state index contributed by atoms with van der Waals surface area (Å²) in [6, 6.07) is 19.4. The molecular formula is C21H14N2O4. The van der Waals surface area contributed by atoms with Gasteiger partial charge in [0.05, 0.1) is 11.3 Å². The van der Waals surface area contributed by atoms with Crippen LogP contribution in [0.25, 0.3) is 0 Å². The predicted octanol–water partition coefficient (Wildman–Crippen LogP) is 3.75. The Morgan fingerprint density at radius 3 is 2.07 bits per heavy atom. The normalized spacial score (nSPS) is 15.2. The molecule has 0 saturated heterocycles. The third-order valence-corrected chi connectivity index (χ3v) is 4.90. The second-order valence-corrected chi connectivity index (χ2v) is 6.38. The first kappa shape index (κ1) is 15.5. The minimum Gasteiger partial charge on any atom is -0.456 e. The summed E-state index contributed by atoms with van der Waals surface area (Å²) in [5.41, 5.74) is 6.83. The zero-order chi connectivity index (χ0) is 18.6. The highest BCUT2D eigenvalue weighted by atomic mass is 16.6.